The number of halogens is 3. The molecule has 9 nitrogen and oxygen atoms in total. The quantitative estimate of drug-likeness (QED) is 0.414. The molecule has 1 saturated carbocycles. The van der Waals surface area contributed by atoms with Crippen molar-refractivity contribution in [2.45, 2.75) is 61.1 Å². The Hall–Kier alpha value is -3.87. The first kappa shape index (κ1) is 29.2. The molecule has 2 aromatic carbocycles. The minimum absolute atomic E-state index is 0.00920. The molecule has 2 aliphatic heterocycles. The van der Waals surface area contributed by atoms with Crippen LogP contribution in [0.5, 0.6) is 0 Å². The number of hydrogen-bond acceptors (Lipinski definition) is 5. The number of sulfonamides is 1. The predicted octanol–water partition coefficient (Wildman–Crippen LogP) is 5.14. The molecule has 0 radical (unpaired) electrons. The van der Waals surface area contributed by atoms with Gasteiger partial charge in [0.05, 0.1) is 34.0 Å². The first-order chi connectivity index (χ1) is 20.5. The zero-order chi connectivity index (χ0) is 30.4. The van der Waals surface area contributed by atoms with Crippen LogP contribution in [0.3, 0.4) is 0 Å². The van der Waals surface area contributed by atoms with E-state index >= 15 is 0 Å². The Labute approximate surface area is 247 Å². The monoisotopic (exact) mass is 615 g/mol. The molecule has 3 fully saturated rings. The zero-order valence-corrected chi connectivity index (χ0v) is 24.2. The molecule has 2 saturated heterocycles. The Morgan fingerprint density at radius 3 is 2.16 bits per heavy atom. The standard InChI is InChI=1S/C30H32F3N5O4S/c31-30(32,33)26-9-5-4-8-24(26)21-12-15-37(19-21)28(39)25-18-34-38(27(25)20-10-11-20)22-13-16-36(17-14-22)29(40)35-43(41,42)23-6-2-1-3-7-23/h1-9,18,20-22H,10-17,19H2,(H,35,40)/t21-/m1/s1. The van der Waals surface area contributed by atoms with Gasteiger partial charge in [-0.25, -0.2) is 17.9 Å². The summed E-state index contributed by atoms with van der Waals surface area (Å²) in [5.74, 6) is -0.436. The number of likely N-dealkylation sites (tertiary alicyclic amines) is 2. The molecular weight excluding hydrogens is 583 g/mol. The van der Waals surface area contributed by atoms with Gasteiger partial charge in [-0.3, -0.25) is 9.48 Å². The smallest absolute Gasteiger partial charge is 0.338 e. The van der Waals surface area contributed by atoms with Crippen molar-refractivity contribution in [3.63, 3.8) is 0 Å². The maximum absolute atomic E-state index is 13.7. The molecule has 3 aromatic rings. The Kier molecular flexibility index (Phi) is 7.69. The number of urea groups is 1. The maximum Gasteiger partial charge on any atom is 0.416 e. The fourth-order valence-electron chi connectivity index (χ4n) is 6.22. The minimum Gasteiger partial charge on any atom is -0.338 e. The zero-order valence-electron chi connectivity index (χ0n) is 23.3. The first-order valence-electron chi connectivity index (χ1n) is 14.4. The number of hydrogen-bond donors (Lipinski definition) is 1. The average Bonchev–Trinajstić information content (AvgIpc) is 3.54. The van der Waals surface area contributed by atoms with Gasteiger partial charge in [0.15, 0.2) is 0 Å². The van der Waals surface area contributed by atoms with Gasteiger partial charge in [0.1, 0.15) is 0 Å². The molecular formula is C30H32F3N5O4S. The van der Waals surface area contributed by atoms with E-state index in [-0.39, 0.29) is 34.9 Å². The molecule has 228 valence electrons. The second-order valence-electron chi connectivity index (χ2n) is 11.4. The molecule has 1 atom stereocenters. The molecule has 13 heteroatoms. The number of amides is 3. The number of nitrogens with one attached hydrogen (secondary N) is 1. The summed E-state index contributed by atoms with van der Waals surface area (Å²) in [4.78, 5) is 29.5. The summed E-state index contributed by atoms with van der Waals surface area (Å²) in [6.07, 6.45) is 0.478. The average molecular weight is 616 g/mol. The fourth-order valence-corrected chi connectivity index (χ4v) is 7.22. The van der Waals surface area contributed by atoms with Crippen LogP contribution in [0.15, 0.2) is 65.7 Å². The molecule has 0 spiro atoms. The highest BCUT2D eigenvalue weighted by Gasteiger charge is 2.40. The van der Waals surface area contributed by atoms with Crippen LogP contribution in [0.25, 0.3) is 0 Å². The highest BCUT2D eigenvalue weighted by atomic mass is 32.2. The van der Waals surface area contributed by atoms with E-state index in [1.54, 1.807) is 35.4 Å². The summed E-state index contributed by atoms with van der Waals surface area (Å²) in [7, 11) is -3.99. The number of rotatable bonds is 6. The van der Waals surface area contributed by atoms with E-state index in [0.717, 1.165) is 24.6 Å². The van der Waals surface area contributed by atoms with Crippen LogP contribution in [-0.4, -0.2) is 66.1 Å². The number of benzene rings is 2. The van der Waals surface area contributed by atoms with Gasteiger partial charge in [0.25, 0.3) is 15.9 Å². The van der Waals surface area contributed by atoms with Gasteiger partial charge in [0, 0.05) is 38.0 Å². The molecule has 0 unspecified atom stereocenters. The van der Waals surface area contributed by atoms with Crippen molar-refractivity contribution in [2.24, 2.45) is 0 Å². The van der Waals surface area contributed by atoms with Crippen molar-refractivity contribution < 1.29 is 31.2 Å². The van der Waals surface area contributed by atoms with Gasteiger partial charge in [-0.15, -0.1) is 0 Å². The van der Waals surface area contributed by atoms with Crippen molar-refractivity contribution in [1.82, 2.24) is 24.3 Å². The molecule has 1 aromatic heterocycles. The lowest BCUT2D eigenvalue weighted by molar-refractivity contribution is -0.138. The van der Waals surface area contributed by atoms with E-state index in [9.17, 15) is 31.2 Å². The Bertz CT molecular complexity index is 1610. The lowest BCUT2D eigenvalue weighted by Gasteiger charge is -2.32. The Morgan fingerprint density at radius 2 is 1.49 bits per heavy atom. The number of carbonyl (C=O) groups excluding carboxylic acids is 2. The number of nitrogens with zero attached hydrogens (tertiary/aromatic N) is 4. The van der Waals surface area contributed by atoms with Crippen molar-refractivity contribution in [1.29, 1.82) is 0 Å². The highest BCUT2D eigenvalue weighted by molar-refractivity contribution is 7.90. The molecule has 0 bridgehead atoms. The van der Waals surface area contributed by atoms with Crippen molar-refractivity contribution >= 4 is 22.0 Å². The molecule has 3 heterocycles. The summed E-state index contributed by atoms with van der Waals surface area (Å²) < 4.78 is 70.0. The van der Waals surface area contributed by atoms with E-state index in [0.29, 0.717) is 44.5 Å². The molecule has 6 rings (SSSR count). The summed E-state index contributed by atoms with van der Waals surface area (Å²) in [6, 6.07) is 12.5. The van der Waals surface area contributed by atoms with E-state index in [1.165, 1.54) is 29.2 Å². The lowest BCUT2D eigenvalue weighted by atomic mass is 9.93. The third-order valence-corrected chi connectivity index (χ3v) is 9.92. The molecule has 1 N–H and O–H groups in total. The summed E-state index contributed by atoms with van der Waals surface area (Å²) >= 11 is 0. The second kappa shape index (κ2) is 11.3. The van der Waals surface area contributed by atoms with E-state index in [4.69, 9.17) is 0 Å². The molecule has 1 aliphatic carbocycles. The third kappa shape index (κ3) is 5.99. The van der Waals surface area contributed by atoms with Gasteiger partial charge < -0.3 is 9.80 Å². The SMILES string of the molecule is O=C(NS(=O)(=O)c1ccccc1)N1CCC(n2ncc(C(=O)N3CC[C@@H](c4ccccc4C(F)(F)F)C3)c2C2CC2)CC1. The topological polar surface area (TPSA) is 105 Å². The Balaban J connectivity index is 1.12. The van der Waals surface area contributed by atoms with Crippen molar-refractivity contribution in [3.8, 4) is 0 Å². The minimum atomic E-state index is -4.46. The highest BCUT2D eigenvalue weighted by Crippen LogP contribution is 2.44. The van der Waals surface area contributed by atoms with Gasteiger partial charge in [-0.05, 0) is 55.9 Å². The Morgan fingerprint density at radius 1 is 0.837 bits per heavy atom. The van der Waals surface area contributed by atoms with E-state index in [2.05, 4.69) is 9.82 Å². The van der Waals surface area contributed by atoms with Crippen LogP contribution in [0.2, 0.25) is 0 Å². The van der Waals surface area contributed by atoms with Gasteiger partial charge >= 0.3 is 12.2 Å². The van der Waals surface area contributed by atoms with Crippen molar-refractivity contribution in [2.75, 3.05) is 26.2 Å². The van der Waals surface area contributed by atoms with Crippen molar-refractivity contribution in [3.05, 3.63) is 83.2 Å². The molecule has 43 heavy (non-hydrogen) atoms. The van der Waals surface area contributed by atoms with Crippen LogP contribution in [0.1, 0.15) is 77.2 Å². The van der Waals surface area contributed by atoms with Crippen LogP contribution in [0, 0.1) is 0 Å². The summed E-state index contributed by atoms with van der Waals surface area (Å²) in [5, 5.41) is 4.59. The van der Waals surface area contributed by atoms with Gasteiger partial charge in [0.2, 0.25) is 0 Å². The van der Waals surface area contributed by atoms with E-state index in [1.807, 2.05) is 4.68 Å². The number of carbonyl (C=O) groups is 2. The number of piperidine rings is 1. The predicted molar refractivity (Wildman–Crippen MR) is 151 cm³/mol. The van der Waals surface area contributed by atoms with Crippen LogP contribution in [0.4, 0.5) is 18.0 Å². The van der Waals surface area contributed by atoms with Gasteiger partial charge in [-0.2, -0.15) is 18.3 Å². The van der Waals surface area contributed by atoms with Crippen LogP contribution in [-0.2, 0) is 16.2 Å². The molecule has 3 amide bonds. The fraction of sp³-hybridized carbons (Fsp3) is 0.433. The van der Waals surface area contributed by atoms with Crippen LogP contribution >= 0.6 is 0 Å². The third-order valence-electron chi connectivity index (χ3n) is 8.58. The maximum atomic E-state index is 13.7. The normalized spacial score (nSPS) is 19.9. The molecule has 3 aliphatic rings. The van der Waals surface area contributed by atoms with E-state index < -0.39 is 33.7 Å². The van der Waals surface area contributed by atoms with Gasteiger partial charge in [-0.1, -0.05) is 36.4 Å². The second-order valence-corrected chi connectivity index (χ2v) is 13.1. The lowest BCUT2D eigenvalue weighted by Crippen LogP contribution is -2.46. The number of alkyl halides is 3. The summed E-state index contributed by atoms with van der Waals surface area (Å²) in [6.45, 7) is 1.21. The van der Waals surface area contributed by atoms with Crippen LogP contribution < -0.4 is 4.72 Å². The summed E-state index contributed by atoms with van der Waals surface area (Å²) in [5.41, 5.74) is 0.898. The largest absolute Gasteiger partial charge is 0.416 e. The first-order valence-corrected chi connectivity index (χ1v) is 15.9. The number of aromatic nitrogens is 2.